The molecule has 0 radical (unpaired) electrons. The van der Waals surface area contributed by atoms with Crippen LogP contribution in [0, 0.1) is 5.41 Å². The lowest BCUT2D eigenvalue weighted by Gasteiger charge is -2.28. The predicted octanol–water partition coefficient (Wildman–Crippen LogP) is 4.14. The zero-order valence-corrected chi connectivity index (χ0v) is 11.4. The van der Waals surface area contributed by atoms with E-state index in [9.17, 15) is 13.2 Å². The second-order valence-electron chi connectivity index (χ2n) is 5.48. The van der Waals surface area contributed by atoms with E-state index in [0.717, 1.165) is 19.3 Å². The second kappa shape index (κ2) is 4.81. The van der Waals surface area contributed by atoms with Crippen molar-refractivity contribution in [1.29, 1.82) is 0 Å². The maximum Gasteiger partial charge on any atom is 0.451 e. The molecule has 3 nitrogen and oxygen atoms in total. The summed E-state index contributed by atoms with van der Waals surface area (Å²) in [6, 6.07) is 1.42. The van der Waals surface area contributed by atoms with E-state index in [-0.39, 0.29) is 22.4 Å². The summed E-state index contributed by atoms with van der Waals surface area (Å²) in [5.74, 6) is -1.08. The summed E-state index contributed by atoms with van der Waals surface area (Å²) in [6.07, 6.45) is -1.59. The van der Waals surface area contributed by atoms with Crippen LogP contribution in [-0.2, 0) is 6.18 Å². The van der Waals surface area contributed by atoms with E-state index < -0.39 is 12.0 Å². The van der Waals surface area contributed by atoms with Gasteiger partial charge in [0.1, 0.15) is 11.0 Å². The van der Waals surface area contributed by atoms with Crippen LogP contribution in [0.25, 0.3) is 0 Å². The van der Waals surface area contributed by atoms with Crippen LogP contribution in [-0.4, -0.2) is 16.0 Å². The Morgan fingerprint density at radius 2 is 2.05 bits per heavy atom. The molecule has 1 unspecified atom stereocenters. The third-order valence-electron chi connectivity index (χ3n) is 3.53. The van der Waals surface area contributed by atoms with Gasteiger partial charge in [0, 0.05) is 12.1 Å². The SMILES string of the molecule is CC1(C)CCCC1Nc1cc(Cl)nc(C(F)(F)F)n1. The molecule has 0 aliphatic heterocycles. The number of alkyl halides is 3. The van der Waals surface area contributed by atoms with Crippen molar-refractivity contribution in [1.82, 2.24) is 9.97 Å². The van der Waals surface area contributed by atoms with Crippen molar-refractivity contribution in [2.75, 3.05) is 5.32 Å². The summed E-state index contributed by atoms with van der Waals surface area (Å²) in [7, 11) is 0. The third kappa shape index (κ3) is 3.29. The lowest BCUT2D eigenvalue weighted by Crippen LogP contribution is -2.31. The van der Waals surface area contributed by atoms with Gasteiger partial charge in [-0.3, -0.25) is 0 Å². The van der Waals surface area contributed by atoms with Gasteiger partial charge in [0.2, 0.25) is 5.82 Å². The van der Waals surface area contributed by atoms with Gasteiger partial charge in [0.05, 0.1) is 0 Å². The highest BCUT2D eigenvalue weighted by molar-refractivity contribution is 6.29. The van der Waals surface area contributed by atoms with Crippen LogP contribution in [0.3, 0.4) is 0 Å². The van der Waals surface area contributed by atoms with Gasteiger partial charge in [0.15, 0.2) is 0 Å². The number of nitrogens with zero attached hydrogens (tertiary/aromatic N) is 2. The molecule has 1 aromatic rings. The Kier molecular flexibility index (Phi) is 3.64. The molecule has 1 N–H and O–H groups in total. The molecule has 1 aromatic heterocycles. The quantitative estimate of drug-likeness (QED) is 0.833. The number of nitrogens with one attached hydrogen (secondary N) is 1. The van der Waals surface area contributed by atoms with Crippen LogP contribution in [0.5, 0.6) is 0 Å². The Hall–Kier alpha value is -1.04. The molecule has 106 valence electrons. The fourth-order valence-electron chi connectivity index (χ4n) is 2.39. The van der Waals surface area contributed by atoms with Gasteiger partial charge in [-0.15, -0.1) is 0 Å². The van der Waals surface area contributed by atoms with Gasteiger partial charge >= 0.3 is 6.18 Å². The highest BCUT2D eigenvalue weighted by atomic mass is 35.5. The molecule has 0 spiro atoms. The first-order valence-electron chi connectivity index (χ1n) is 6.07. The van der Waals surface area contributed by atoms with Crippen molar-refractivity contribution < 1.29 is 13.2 Å². The van der Waals surface area contributed by atoms with Crippen molar-refractivity contribution in [3.8, 4) is 0 Å². The summed E-state index contributed by atoms with van der Waals surface area (Å²) in [4.78, 5) is 6.71. The summed E-state index contributed by atoms with van der Waals surface area (Å²) < 4.78 is 37.8. The molecule has 1 heterocycles. The molecule has 0 amide bonds. The van der Waals surface area contributed by atoms with E-state index in [1.165, 1.54) is 6.07 Å². The topological polar surface area (TPSA) is 37.8 Å². The van der Waals surface area contributed by atoms with Gasteiger partial charge in [-0.25, -0.2) is 9.97 Å². The zero-order valence-electron chi connectivity index (χ0n) is 10.7. The zero-order chi connectivity index (χ0) is 14.3. The Morgan fingerprint density at radius 1 is 1.37 bits per heavy atom. The van der Waals surface area contributed by atoms with Crippen molar-refractivity contribution in [3.63, 3.8) is 0 Å². The average molecular weight is 294 g/mol. The molecule has 19 heavy (non-hydrogen) atoms. The normalized spacial score (nSPS) is 22.5. The van der Waals surface area contributed by atoms with E-state index in [4.69, 9.17) is 11.6 Å². The highest BCUT2D eigenvalue weighted by Gasteiger charge is 2.37. The summed E-state index contributed by atoms with van der Waals surface area (Å²) in [6.45, 7) is 4.18. The standard InChI is InChI=1S/C12H15ClF3N3/c1-11(2)5-3-4-7(11)17-9-6-8(13)18-10(19-9)12(14,15)16/h6-7H,3-5H2,1-2H3,(H,17,18,19). The molecule has 1 atom stereocenters. The number of hydrogen-bond donors (Lipinski definition) is 1. The van der Waals surface area contributed by atoms with Crippen LogP contribution in [0.4, 0.5) is 19.0 Å². The Morgan fingerprint density at radius 3 is 2.58 bits per heavy atom. The third-order valence-corrected chi connectivity index (χ3v) is 3.72. The molecule has 0 bridgehead atoms. The summed E-state index contributed by atoms with van der Waals surface area (Å²) in [5.41, 5.74) is 0.0375. The average Bonchev–Trinajstić information content (AvgIpc) is 2.56. The first-order chi connectivity index (χ1) is 8.68. The van der Waals surface area contributed by atoms with E-state index in [0.29, 0.717) is 0 Å². The lowest BCUT2D eigenvalue weighted by atomic mass is 9.87. The second-order valence-corrected chi connectivity index (χ2v) is 5.86. The van der Waals surface area contributed by atoms with Gasteiger partial charge in [0.25, 0.3) is 0 Å². The van der Waals surface area contributed by atoms with Gasteiger partial charge in [-0.05, 0) is 18.3 Å². The number of hydrogen-bond acceptors (Lipinski definition) is 3. The van der Waals surface area contributed by atoms with Crippen LogP contribution >= 0.6 is 11.6 Å². The van der Waals surface area contributed by atoms with E-state index in [1.807, 2.05) is 0 Å². The number of halogens is 4. The molecular weight excluding hydrogens is 279 g/mol. The molecule has 7 heteroatoms. The van der Waals surface area contributed by atoms with Crippen molar-refractivity contribution in [2.24, 2.45) is 5.41 Å². The lowest BCUT2D eigenvalue weighted by molar-refractivity contribution is -0.144. The van der Waals surface area contributed by atoms with Crippen LogP contribution in [0.1, 0.15) is 38.9 Å². The summed E-state index contributed by atoms with van der Waals surface area (Å²) in [5, 5.41) is 2.84. The van der Waals surface area contributed by atoms with Gasteiger partial charge in [-0.2, -0.15) is 13.2 Å². The Balaban J connectivity index is 2.24. The van der Waals surface area contributed by atoms with Crippen LogP contribution in [0.2, 0.25) is 5.15 Å². The monoisotopic (exact) mass is 293 g/mol. The molecule has 1 aliphatic rings. The molecular formula is C12H15ClF3N3. The summed E-state index contributed by atoms with van der Waals surface area (Å²) >= 11 is 5.62. The minimum absolute atomic E-state index is 0.0375. The minimum atomic E-state index is -4.59. The molecule has 1 aliphatic carbocycles. The smallest absolute Gasteiger partial charge is 0.367 e. The predicted molar refractivity (Wildman–Crippen MR) is 67.1 cm³/mol. The molecule has 0 aromatic carbocycles. The van der Waals surface area contributed by atoms with Crippen molar-refractivity contribution in [3.05, 3.63) is 17.0 Å². The Labute approximate surface area is 114 Å². The first-order valence-corrected chi connectivity index (χ1v) is 6.44. The van der Waals surface area contributed by atoms with Crippen LogP contribution in [0.15, 0.2) is 6.07 Å². The largest absolute Gasteiger partial charge is 0.451 e. The number of rotatable bonds is 2. The number of aromatic nitrogens is 2. The van der Waals surface area contributed by atoms with E-state index >= 15 is 0 Å². The van der Waals surface area contributed by atoms with E-state index in [1.54, 1.807) is 0 Å². The molecule has 1 fully saturated rings. The van der Waals surface area contributed by atoms with E-state index in [2.05, 4.69) is 29.1 Å². The fourth-order valence-corrected chi connectivity index (χ4v) is 2.57. The minimum Gasteiger partial charge on any atom is -0.367 e. The van der Waals surface area contributed by atoms with Crippen molar-refractivity contribution in [2.45, 2.75) is 45.3 Å². The van der Waals surface area contributed by atoms with Gasteiger partial charge < -0.3 is 5.32 Å². The first kappa shape index (κ1) is 14.4. The van der Waals surface area contributed by atoms with Crippen molar-refractivity contribution >= 4 is 17.4 Å². The maximum absolute atomic E-state index is 12.6. The molecule has 0 saturated heterocycles. The fraction of sp³-hybridized carbons (Fsp3) is 0.667. The van der Waals surface area contributed by atoms with Crippen LogP contribution < -0.4 is 5.32 Å². The Bertz CT molecular complexity index is 474. The number of anilines is 1. The van der Waals surface area contributed by atoms with Gasteiger partial charge in [-0.1, -0.05) is 31.9 Å². The maximum atomic E-state index is 12.6. The molecule has 2 rings (SSSR count). The highest BCUT2D eigenvalue weighted by Crippen LogP contribution is 2.39. The molecule has 1 saturated carbocycles.